The van der Waals surface area contributed by atoms with Crippen LogP contribution in [0.2, 0.25) is 0 Å². The van der Waals surface area contributed by atoms with Gasteiger partial charge < -0.3 is 74.9 Å². The number of hydrogen-bond donors (Lipinski definition) is 14. The lowest BCUT2D eigenvalue weighted by Crippen LogP contribution is -2.63. The number of thiol groups is 2. The van der Waals surface area contributed by atoms with Gasteiger partial charge >= 0.3 is 0 Å². The van der Waals surface area contributed by atoms with Crippen LogP contribution in [0.25, 0.3) is 0 Å². The number of nitrogens with two attached hydrogens (primary N) is 4. The molecule has 4 rings (SSSR count). The lowest BCUT2D eigenvalue weighted by molar-refractivity contribution is -0.142. The van der Waals surface area contributed by atoms with Gasteiger partial charge in [-0.25, -0.2) is 0 Å². The molecule has 442 valence electrons. The van der Waals surface area contributed by atoms with E-state index < -0.39 is 131 Å². The van der Waals surface area contributed by atoms with E-state index in [4.69, 9.17) is 40.3 Å². The van der Waals surface area contributed by atoms with E-state index in [1.165, 1.54) is 18.9 Å². The summed E-state index contributed by atoms with van der Waals surface area (Å²) in [5.41, 5.74) is 24.5. The summed E-state index contributed by atoms with van der Waals surface area (Å²) in [6.45, 7) is 4.88. The molecule has 2 aromatic rings. The maximum Gasteiger partial charge on any atom is 0.246 e. The maximum absolute atomic E-state index is 14.2. The van der Waals surface area contributed by atoms with Crippen LogP contribution in [0.15, 0.2) is 48.5 Å². The van der Waals surface area contributed by atoms with Crippen LogP contribution in [0, 0.1) is 5.92 Å². The van der Waals surface area contributed by atoms with Crippen LogP contribution in [0.3, 0.4) is 0 Å². The van der Waals surface area contributed by atoms with Gasteiger partial charge in [0, 0.05) is 42.0 Å². The second kappa shape index (κ2) is 32.0. The number of rotatable bonds is 31. The fraction of sp³-hybridized carbons (Fsp3) is 0.593. The van der Waals surface area contributed by atoms with Crippen LogP contribution < -0.4 is 64.9 Å². The van der Waals surface area contributed by atoms with Gasteiger partial charge in [0.15, 0.2) is 0 Å². The third-order valence-electron chi connectivity index (χ3n) is 14.5. The van der Waals surface area contributed by atoms with Crippen molar-refractivity contribution in [2.24, 2.45) is 23.1 Å². The number of amides is 10. The molecule has 0 aromatic heterocycles. The Morgan fingerprint density at radius 2 is 1.26 bits per heavy atom. The molecule has 24 nitrogen and oxygen atoms in total. The van der Waals surface area contributed by atoms with Crippen molar-refractivity contribution in [2.45, 2.75) is 170 Å². The number of aliphatic hydroxyl groups excluding tert-OH is 1. The van der Waals surface area contributed by atoms with Crippen molar-refractivity contribution in [1.29, 1.82) is 0 Å². The molecule has 2 aliphatic rings. The van der Waals surface area contributed by atoms with Crippen LogP contribution in [0.4, 0.5) is 5.69 Å². The molecule has 2 aromatic carbocycles. The number of carbonyl (C=O) groups excluding carboxylic acids is 10. The standard InChI is InChI=1S/C54H82N12O12S2/c1-5-30(2)44(64-49(73)38(26-33-15-19-35(78-4)20-16-33)59-43(69)28-54(80)21-7-6-8-22-54)51(75)65-45(31(3)67)52(76)62-39(27-42(57)68)48(72)63-40(29-79)53(77)66-24-10-12-41(66)50(74)60-36(11-9-23-55)47(71)61-37(46(58)70)25-32-13-17-34(56)18-14-32/h13-20,30-31,36-41,44-45,67,79-80H,5-12,21-29,55-56H2,1-4H3,(H2,57,68)(H2,58,70)(H,59,69)(H,60,74)(H,61,71)(H,62,76)(H,63,72)(H,64,73)(H,65,75)/t30-,31+,36-,37-,38-,39-,40-,41-,44-,45-/m0/s1. The molecule has 0 spiro atoms. The topological polar surface area (TPSA) is 392 Å². The first-order valence-corrected chi connectivity index (χ1v) is 28.2. The Labute approximate surface area is 478 Å². The molecule has 16 N–H and O–H groups in total. The van der Waals surface area contributed by atoms with Crippen LogP contribution in [-0.4, -0.2) is 154 Å². The molecule has 80 heavy (non-hydrogen) atoms. The number of primary amides is 2. The Balaban J connectivity index is 1.47. The van der Waals surface area contributed by atoms with Gasteiger partial charge in [0.25, 0.3) is 0 Å². The number of methoxy groups -OCH3 is 1. The van der Waals surface area contributed by atoms with Crippen LogP contribution >= 0.6 is 25.3 Å². The number of ether oxygens (including phenoxy) is 1. The summed E-state index contributed by atoms with van der Waals surface area (Å²) >= 11 is 9.12. The number of nitrogens with one attached hydrogen (secondary N) is 7. The van der Waals surface area contributed by atoms with Crippen LogP contribution in [-0.2, 0) is 60.8 Å². The van der Waals surface area contributed by atoms with Crippen molar-refractivity contribution in [1.82, 2.24) is 42.1 Å². The highest BCUT2D eigenvalue weighted by Gasteiger charge is 2.41. The number of nitrogens with zero attached hydrogens (tertiary/aromatic N) is 1. The quantitative estimate of drug-likeness (QED) is 0.0316. The molecule has 1 saturated heterocycles. The van der Waals surface area contributed by atoms with Crippen LogP contribution in [0.5, 0.6) is 5.75 Å². The summed E-state index contributed by atoms with van der Waals surface area (Å²) in [6, 6.07) is 2.60. The molecule has 1 aliphatic heterocycles. The summed E-state index contributed by atoms with van der Waals surface area (Å²) in [4.78, 5) is 138. The van der Waals surface area contributed by atoms with Crippen molar-refractivity contribution in [2.75, 3.05) is 31.7 Å². The first-order valence-electron chi connectivity index (χ1n) is 27.1. The molecule has 2 fully saturated rings. The molecule has 10 amide bonds. The monoisotopic (exact) mass is 1150 g/mol. The molecule has 10 atom stereocenters. The molecule has 0 bridgehead atoms. The maximum atomic E-state index is 14.2. The molecule has 1 saturated carbocycles. The summed E-state index contributed by atoms with van der Waals surface area (Å²) < 4.78 is 4.74. The van der Waals surface area contributed by atoms with Crippen molar-refractivity contribution < 1.29 is 57.8 Å². The van der Waals surface area contributed by atoms with Crippen molar-refractivity contribution in [3.05, 3.63) is 59.7 Å². The minimum absolute atomic E-state index is 0.0382. The fourth-order valence-electron chi connectivity index (χ4n) is 9.62. The zero-order chi connectivity index (χ0) is 59.3. The third kappa shape index (κ3) is 20.2. The molecule has 1 heterocycles. The van der Waals surface area contributed by atoms with Gasteiger partial charge in [0.2, 0.25) is 59.1 Å². The summed E-state index contributed by atoms with van der Waals surface area (Å²) in [7, 11) is 1.51. The molecule has 0 unspecified atom stereocenters. The SMILES string of the molecule is CC[C@H](C)[C@H](NC(=O)[C@H](Cc1ccc(OC)cc1)NC(=O)CC1(S)CCCCC1)C(=O)N[C@H](C(=O)N[C@@H](CC(N)=O)C(=O)N[C@@H](CS)C(=O)N1CCC[C@H]1C(=O)N[C@@H](CCCN)C(=O)N[C@@H](Cc1ccc(N)cc1)C(N)=O)[C@@H](C)O. The smallest absolute Gasteiger partial charge is 0.246 e. The largest absolute Gasteiger partial charge is 0.497 e. The van der Waals surface area contributed by atoms with E-state index in [0.29, 0.717) is 41.8 Å². The van der Waals surface area contributed by atoms with E-state index in [0.717, 1.165) is 32.1 Å². The normalized spacial score (nSPS) is 18.2. The van der Waals surface area contributed by atoms with Gasteiger partial charge in [-0.15, -0.1) is 0 Å². The molecular weight excluding hydrogens is 1070 g/mol. The lowest BCUT2D eigenvalue weighted by atomic mass is 9.85. The van der Waals surface area contributed by atoms with E-state index >= 15 is 0 Å². The van der Waals surface area contributed by atoms with Gasteiger partial charge in [-0.05, 0) is 93.3 Å². The lowest BCUT2D eigenvalue weighted by Gasteiger charge is -2.33. The summed E-state index contributed by atoms with van der Waals surface area (Å²) in [5, 5.41) is 29.1. The van der Waals surface area contributed by atoms with E-state index in [9.17, 15) is 53.1 Å². The van der Waals surface area contributed by atoms with E-state index in [1.807, 2.05) is 0 Å². The zero-order valence-corrected chi connectivity index (χ0v) is 47.8. The van der Waals surface area contributed by atoms with Gasteiger partial charge in [0.1, 0.15) is 54.1 Å². The van der Waals surface area contributed by atoms with E-state index in [2.05, 4.69) is 49.8 Å². The minimum atomic E-state index is -1.78. The Kier molecular flexibility index (Phi) is 26.3. The zero-order valence-electron chi connectivity index (χ0n) is 46.0. The van der Waals surface area contributed by atoms with Crippen molar-refractivity contribution >= 4 is 90.0 Å². The molecule has 1 aliphatic carbocycles. The second-order valence-electron chi connectivity index (χ2n) is 20.8. The van der Waals surface area contributed by atoms with Gasteiger partial charge in [-0.2, -0.15) is 25.3 Å². The average Bonchev–Trinajstić information content (AvgIpc) is 3.92. The van der Waals surface area contributed by atoms with Crippen LogP contribution in [0.1, 0.15) is 109 Å². The van der Waals surface area contributed by atoms with Gasteiger partial charge in [-0.1, -0.05) is 63.8 Å². The highest BCUT2D eigenvalue weighted by molar-refractivity contribution is 7.81. The average molecular weight is 1160 g/mol. The highest BCUT2D eigenvalue weighted by Crippen LogP contribution is 2.36. The number of anilines is 1. The number of carbonyl (C=O) groups is 10. The van der Waals surface area contributed by atoms with Gasteiger partial charge in [-0.3, -0.25) is 47.9 Å². The number of aliphatic hydroxyl groups is 1. The molecule has 26 heteroatoms. The number of nitrogen functional groups attached to an aromatic ring is 1. The third-order valence-corrected chi connectivity index (χ3v) is 15.4. The van der Waals surface area contributed by atoms with Crippen molar-refractivity contribution in [3.8, 4) is 5.75 Å². The van der Waals surface area contributed by atoms with E-state index in [1.54, 1.807) is 62.4 Å². The summed E-state index contributed by atoms with van der Waals surface area (Å²) in [5.74, 6) is -8.57. The van der Waals surface area contributed by atoms with Gasteiger partial charge in [0.05, 0.1) is 19.6 Å². The van der Waals surface area contributed by atoms with Crippen molar-refractivity contribution in [3.63, 3.8) is 0 Å². The predicted octanol–water partition coefficient (Wildman–Crippen LogP) is -1.07. The first-order chi connectivity index (χ1) is 37.9. The van der Waals surface area contributed by atoms with E-state index in [-0.39, 0.29) is 50.9 Å². The number of hydrogen-bond acceptors (Lipinski definition) is 16. The second-order valence-corrected chi connectivity index (χ2v) is 22.1. The molecular formula is C54H82N12O12S2. The highest BCUT2D eigenvalue weighted by atomic mass is 32.1. The number of likely N-dealkylation sites (tertiary alicyclic amines) is 1. The Bertz CT molecular complexity index is 2470. The number of benzene rings is 2. The Morgan fingerprint density at radius 3 is 1.82 bits per heavy atom. The summed E-state index contributed by atoms with van der Waals surface area (Å²) in [6.07, 6.45) is 3.33. The minimum Gasteiger partial charge on any atom is -0.497 e. The Hall–Kier alpha value is -6.64. The first kappa shape index (κ1) is 65.9. The fourth-order valence-corrected chi connectivity index (χ4v) is 10.3. The Morgan fingerprint density at radius 1 is 0.713 bits per heavy atom. The predicted molar refractivity (Wildman–Crippen MR) is 305 cm³/mol. The molecule has 0 radical (unpaired) electrons.